The summed E-state index contributed by atoms with van der Waals surface area (Å²) in [5.41, 5.74) is 11.0. The number of nitrogen functional groups attached to an aromatic ring is 2. The predicted octanol–water partition coefficient (Wildman–Crippen LogP) is -0.360. The average Bonchev–Trinajstić information content (AvgIpc) is 2.24. The lowest BCUT2D eigenvalue weighted by molar-refractivity contribution is -0.138. The van der Waals surface area contributed by atoms with Crippen LogP contribution in [0.4, 0.5) is 17.6 Å². The fourth-order valence-electron chi connectivity index (χ4n) is 1.21. The van der Waals surface area contributed by atoms with E-state index in [1.54, 1.807) is 11.0 Å². The van der Waals surface area contributed by atoms with Gasteiger partial charge in [-0.15, -0.1) is 0 Å². The zero-order valence-corrected chi connectivity index (χ0v) is 9.30. The molecule has 0 saturated carbocycles. The van der Waals surface area contributed by atoms with Crippen LogP contribution in [0.25, 0.3) is 0 Å². The summed E-state index contributed by atoms with van der Waals surface area (Å²) < 4.78 is 4.58. The molecule has 0 spiro atoms. The van der Waals surface area contributed by atoms with Crippen LogP contribution >= 0.6 is 0 Å². The molecule has 0 saturated heterocycles. The Morgan fingerprint density at radius 3 is 2.69 bits per heavy atom. The standard InChI is InChI=1S/C9H15N5O2/c1-3-14(5-8(15)16-2)7-4-6(10)12-9(11)13-7/h4H,3,5H2,1-2H3,(H4,10,11,12,13). The Morgan fingerprint density at radius 2 is 2.19 bits per heavy atom. The van der Waals surface area contributed by atoms with E-state index in [4.69, 9.17) is 11.5 Å². The van der Waals surface area contributed by atoms with Gasteiger partial charge in [0, 0.05) is 12.6 Å². The molecule has 1 aromatic heterocycles. The van der Waals surface area contributed by atoms with E-state index in [0.717, 1.165) is 0 Å². The highest BCUT2D eigenvalue weighted by Crippen LogP contribution is 2.14. The van der Waals surface area contributed by atoms with Crippen molar-refractivity contribution in [1.82, 2.24) is 9.97 Å². The number of carbonyl (C=O) groups excluding carboxylic acids is 1. The van der Waals surface area contributed by atoms with E-state index in [1.807, 2.05) is 6.92 Å². The molecule has 0 amide bonds. The molecule has 0 unspecified atom stereocenters. The van der Waals surface area contributed by atoms with Crippen LogP contribution in [0.1, 0.15) is 6.92 Å². The van der Waals surface area contributed by atoms with Gasteiger partial charge >= 0.3 is 5.97 Å². The molecule has 0 atom stereocenters. The molecule has 0 aliphatic heterocycles. The summed E-state index contributed by atoms with van der Waals surface area (Å²) in [5.74, 6) is 0.514. The van der Waals surface area contributed by atoms with Crippen molar-refractivity contribution in [2.75, 3.05) is 36.6 Å². The summed E-state index contributed by atoms with van der Waals surface area (Å²) in [6.07, 6.45) is 0. The van der Waals surface area contributed by atoms with Crippen LogP contribution in [-0.4, -0.2) is 36.1 Å². The number of hydrogen-bond donors (Lipinski definition) is 2. The normalized spacial score (nSPS) is 9.88. The number of anilines is 3. The van der Waals surface area contributed by atoms with Gasteiger partial charge in [0.2, 0.25) is 5.95 Å². The van der Waals surface area contributed by atoms with Crippen molar-refractivity contribution >= 4 is 23.6 Å². The third-order valence-electron chi connectivity index (χ3n) is 2.00. The highest BCUT2D eigenvalue weighted by atomic mass is 16.5. The van der Waals surface area contributed by atoms with Crippen molar-refractivity contribution in [2.24, 2.45) is 0 Å². The number of nitrogens with two attached hydrogens (primary N) is 2. The fraction of sp³-hybridized carbons (Fsp3) is 0.444. The Balaban J connectivity index is 2.90. The minimum Gasteiger partial charge on any atom is -0.468 e. The Bertz CT molecular complexity index is 362. The van der Waals surface area contributed by atoms with Gasteiger partial charge in [-0.25, -0.2) is 0 Å². The number of esters is 1. The lowest BCUT2D eigenvalue weighted by Crippen LogP contribution is -2.31. The molecule has 7 heteroatoms. The number of aromatic nitrogens is 2. The smallest absolute Gasteiger partial charge is 0.325 e. The average molecular weight is 225 g/mol. The number of carbonyl (C=O) groups is 1. The zero-order chi connectivity index (χ0) is 12.1. The van der Waals surface area contributed by atoms with Crippen LogP contribution in [0, 0.1) is 0 Å². The molecule has 7 nitrogen and oxygen atoms in total. The van der Waals surface area contributed by atoms with E-state index in [1.165, 1.54) is 7.11 Å². The topological polar surface area (TPSA) is 107 Å². The second-order valence-electron chi connectivity index (χ2n) is 3.10. The minimum atomic E-state index is -0.349. The quantitative estimate of drug-likeness (QED) is 0.673. The number of hydrogen-bond acceptors (Lipinski definition) is 7. The number of likely N-dealkylation sites (N-methyl/N-ethyl adjacent to an activating group) is 1. The lowest BCUT2D eigenvalue weighted by Gasteiger charge is -2.20. The van der Waals surface area contributed by atoms with E-state index in [-0.39, 0.29) is 24.3 Å². The van der Waals surface area contributed by atoms with Gasteiger partial charge in [-0.3, -0.25) is 4.79 Å². The Hall–Kier alpha value is -2.05. The van der Waals surface area contributed by atoms with Gasteiger partial charge in [-0.1, -0.05) is 0 Å². The summed E-state index contributed by atoms with van der Waals surface area (Å²) >= 11 is 0. The highest BCUT2D eigenvalue weighted by Gasteiger charge is 2.12. The second-order valence-corrected chi connectivity index (χ2v) is 3.10. The van der Waals surface area contributed by atoms with Crippen molar-refractivity contribution in [2.45, 2.75) is 6.92 Å². The molecule has 0 aliphatic rings. The molecule has 0 fully saturated rings. The van der Waals surface area contributed by atoms with Gasteiger partial charge in [0.1, 0.15) is 18.2 Å². The molecule has 1 aromatic rings. The Labute approximate surface area is 93.4 Å². The molecule has 1 rings (SSSR count). The van der Waals surface area contributed by atoms with Crippen LogP contribution in [0.15, 0.2) is 6.07 Å². The molecule has 0 aromatic carbocycles. The first-order valence-corrected chi connectivity index (χ1v) is 4.78. The maximum Gasteiger partial charge on any atom is 0.325 e. The first-order chi connectivity index (χ1) is 7.56. The first kappa shape index (κ1) is 12.0. The Kier molecular flexibility index (Phi) is 3.87. The molecular formula is C9H15N5O2. The third-order valence-corrected chi connectivity index (χ3v) is 2.00. The van der Waals surface area contributed by atoms with Gasteiger partial charge in [-0.2, -0.15) is 9.97 Å². The molecule has 88 valence electrons. The van der Waals surface area contributed by atoms with Gasteiger partial charge in [0.25, 0.3) is 0 Å². The number of methoxy groups -OCH3 is 1. The van der Waals surface area contributed by atoms with E-state index in [9.17, 15) is 4.79 Å². The van der Waals surface area contributed by atoms with Crippen LogP contribution in [0.5, 0.6) is 0 Å². The lowest BCUT2D eigenvalue weighted by atomic mass is 10.4. The highest BCUT2D eigenvalue weighted by molar-refractivity contribution is 5.75. The summed E-state index contributed by atoms with van der Waals surface area (Å²) in [4.78, 5) is 20.6. The summed E-state index contributed by atoms with van der Waals surface area (Å²) in [7, 11) is 1.33. The van der Waals surface area contributed by atoms with E-state index in [0.29, 0.717) is 12.4 Å². The van der Waals surface area contributed by atoms with Crippen molar-refractivity contribution in [1.29, 1.82) is 0 Å². The molecule has 0 aliphatic carbocycles. The summed E-state index contributed by atoms with van der Waals surface area (Å²) in [5, 5.41) is 0. The van der Waals surface area contributed by atoms with E-state index >= 15 is 0 Å². The largest absolute Gasteiger partial charge is 0.468 e. The molecular weight excluding hydrogens is 210 g/mol. The number of rotatable bonds is 4. The predicted molar refractivity (Wildman–Crippen MR) is 60.8 cm³/mol. The minimum absolute atomic E-state index is 0.0818. The van der Waals surface area contributed by atoms with Gasteiger partial charge in [0.15, 0.2) is 0 Å². The van der Waals surface area contributed by atoms with Crippen molar-refractivity contribution < 1.29 is 9.53 Å². The summed E-state index contributed by atoms with van der Waals surface area (Å²) in [6, 6.07) is 1.56. The van der Waals surface area contributed by atoms with Crippen LogP contribution in [0.2, 0.25) is 0 Å². The number of nitrogens with zero attached hydrogens (tertiary/aromatic N) is 3. The molecule has 0 radical (unpaired) electrons. The first-order valence-electron chi connectivity index (χ1n) is 4.78. The van der Waals surface area contributed by atoms with Gasteiger partial charge in [0.05, 0.1) is 7.11 Å². The van der Waals surface area contributed by atoms with Crippen LogP contribution in [0.3, 0.4) is 0 Å². The Morgan fingerprint density at radius 1 is 1.50 bits per heavy atom. The van der Waals surface area contributed by atoms with Crippen molar-refractivity contribution in [3.63, 3.8) is 0 Å². The summed E-state index contributed by atoms with van der Waals surface area (Å²) in [6.45, 7) is 2.57. The maximum absolute atomic E-state index is 11.2. The van der Waals surface area contributed by atoms with Crippen LogP contribution < -0.4 is 16.4 Å². The van der Waals surface area contributed by atoms with Gasteiger partial charge < -0.3 is 21.1 Å². The third kappa shape index (κ3) is 2.97. The van der Waals surface area contributed by atoms with Gasteiger partial charge in [-0.05, 0) is 6.92 Å². The van der Waals surface area contributed by atoms with Crippen molar-refractivity contribution in [3.8, 4) is 0 Å². The molecule has 1 heterocycles. The zero-order valence-electron chi connectivity index (χ0n) is 9.30. The number of ether oxygens (including phenoxy) is 1. The second kappa shape index (κ2) is 5.15. The fourth-order valence-corrected chi connectivity index (χ4v) is 1.21. The molecule has 4 N–H and O–H groups in total. The maximum atomic E-state index is 11.2. The van der Waals surface area contributed by atoms with E-state index < -0.39 is 0 Å². The van der Waals surface area contributed by atoms with Crippen LogP contribution in [-0.2, 0) is 9.53 Å². The van der Waals surface area contributed by atoms with E-state index in [2.05, 4.69) is 14.7 Å². The van der Waals surface area contributed by atoms with Crippen molar-refractivity contribution in [3.05, 3.63) is 6.07 Å². The SMILES string of the molecule is CCN(CC(=O)OC)c1cc(N)nc(N)n1. The molecule has 16 heavy (non-hydrogen) atoms. The molecule has 0 bridgehead atoms. The monoisotopic (exact) mass is 225 g/mol.